The van der Waals surface area contributed by atoms with Gasteiger partial charge in [0.2, 0.25) is 0 Å². The number of aliphatic carboxylic acids is 1. The summed E-state index contributed by atoms with van der Waals surface area (Å²) in [6.07, 6.45) is 0.750. The number of ether oxygens (including phenoxy) is 1. The Bertz CT molecular complexity index is 188. The van der Waals surface area contributed by atoms with Crippen molar-refractivity contribution in [1.29, 1.82) is 0 Å². The van der Waals surface area contributed by atoms with Crippen molar-refractivity contribution in [2.45, 2.75) is 27.2 Å². The zero-order valence-corrected chi connectivity index (χ0v) is 8.24. The molecule has 13 heavy (non-hydrogen) atoms. The molecule has 0 heterocycles. The van der Waals surface area contributed by atoms with Crippen LogP contribution in [0.2, 0.25) is 0 Å². The molecule has 0 radical (unpaired) electrons. The first-order chi connectivity index (χ1) is 6.00. The number of esters is 1. The van der Waals surface area contributed by atoms with E-state index in [1.54, 1.807) is 6.92 Å². The minimum atomic E-state index is -0.971. The van der Waals surface area contributed by atoms with Gasteiger partial charge < -0.3 is 9.84 Å². The van der Waals surface area contributed by atoms with E-state index in [0.29, 0.717) is 6.61 Å². The fourth-order valence-corrected chi connectivity index (χ4v) is 0.752. The van der Waals surface area contributed by atoms with Crippen LogP contribution in [0.1, 0.15) is 27.2 Å². The van der Waals surface area contributed by atoms with Gasteiger partial charge in [0.15, 0.2) is 0 Å². The SMILES string of the molecule is CCCOC(=O)C(C)C(C)C(=O)O. The number of carbonyl (C=O) groups is 2. The summed E-state index contributed by atoms with van der Waals surface area (Å²) in [5, 5.41) is 8.62. The zero-order chi connectivity index (χ0) is 10.4. The van der Waals surface area contributed by atoms with Crippen molar-refractivity contribution >= 4 is 11.9 Å². The van der Waals surface area contributed by atoms with E-state index in [2.05, 4.69) is 0 Å². The van der Waals surface area contributed by atoms with Crippen LogP contribution in [0.4, 0.5) is 0 Å². The van der Waals surface area contributed by atoms with Crippen LogP contribution in [-0.2, 0) is 14.3 Å². The maximum Gasteiger partial charge on any atom is 0.309 e. The summed E-state index contributed by atoms with van der Waals surface area (Å²) >= 11 is 0. The second-order valence-corrected chi connectivity index (χ2v) is 3.08. The van der Waals surface area contributed by atoms with Gasteiger partial charge >= 0.3 is 11.9 Å². The van der Waals surface area contributed by atoms with Gasteiger partial charge in [-0.05, 0) is 6.42 Å². The third-order valence-electron chi connectivity index (χ3n) is 1.96. The lowest BCUT2D eigenvalue weighted by Gasteiger charge is -2.14. The topological polar surface area (TPSA) is 63.6 Å². The zero-order valence-electron chi connectivity index (χ0n) is 8.24. The molecule has 76 valence electrons. The number of hydrogen-bond donors (Lipinski definition) is 1. The molecular formula is C9H16O4. The lowest BCUT2D eigenvalue weighted by Crippen LogP contribution is -2.27. The molecule has 0 aliphatic heterocycles. The van der Waals surface area contributed by atoms with Gasteiger partial charge in [0, 0.05) is 0 Å². The Morgan fingerprint density at radius 2 is 1.85 bits per heavy atom. The van der Waals surface area contributed by atoms with Crippen molar-refractivity contribution in [3.63, 3.8) is 0 Å². The molecule has 0 aliphatic carbocycles. The number of carboxylic acids is 1. The Morgan fingerprint density at radius 3 is 2.23 bits per heavy atom. The second kappa shape index (κ2) is 5.56. The van der Waals surface area contributed by atoms with Crippen LogP contribution >= 0.6 is 0 Å². The first kappa shape index (κ1) is 11.9. The van der Waals surface area contributed by atoms with Crippen molar-refractivity contribution < 1.29 is 19.4 Å². The molecular weight excluding hydrogens is 172 g/mol. The summed E-state index contributed by atoms with van der Waals surface area (Å²) in [6, 6.07) is 0. The lowest BCUT2D eigenvalue weighted by atomic mass is 9.96. The smallest absolute Gasteiger partial charge is 0.309 e. The maximum absolute atomic E-state index is 11.2. The molecule has 0 bridgehead atoms. The van der Waals surface area contributed by atoms with E-state index < -0.39 is 23.8 Å². The number of rotatable bonds is 5. The third-order valence-corrected chi connectivity index (χ3v) is 1.96. The van der Waals surface area contributed by atoms with Crippen molar-refractivity contribution in [3.05, 3.63) is 0 Å². The fourth-order valence-electron chi connectivity index (χ4n) is 0.752. The van der Waals surface area contributed by atoms with Gasteiger partial charge in [-0.2, -0.15) is 0 Å². The minimum absolute atomic E-state index is 0.357. The van der Waals surface area contributed by atoms with Crippen LogP contribution in [0.25, 0.3) is 0 Å². The molecule has 0 aromatic carbocycles. The summed E-state index contributed by atoms with van der Waals surface area (Å²) in [5.41, 5.74) is 0. The van der Waals surface area contributed by atoms with E-state index in [9.17, 15) is 9.59 Å². The number of carbonyl (C=O) groups excluding carboxylic acids is 1. The van der Waals surface area contributed by atoms with Gasteiger partial charge in [-0.3, -0.25) is 9.59 Å². The molecule has 2 unspecified atom stereocenters. The summed E-state index contributed by atoms with van der Waals surface area (Å²) in [7, 11) is 0. The standard InChI is InChI=1S/C9H16O4/c1-4-5-13-9(12)7(3)6(2)8(10)11/h6-7H,4-5H2,1-3H3,(H,10,11). The minimum Gasteiger partial charge on any atom is -0.481 e. The molecule has 0 aromatic heterocycles. The summed E-state index contributed by atoms with van der Waals surface area (Å²) < 4.78 is 4.82. The molecule has 0 saturated heterocycles. The van der Waals surface area contributed by atoms with E-state index in [-0.39, 0.29) is 0 Å². The van der Waals surface area contributed by atoms with E-state index in [1.807, 2.05) is 6.92 Å². The van der Waals surface area contributed by atoms with E-state index in [4.69, 9.17) is 9.84 Å². The Balaban J connectivity index is 4.01. The predicted octanol–water partition coefficient (Wildman–Crippen LogP) is 1.30. The molecule has 0 saturated carbocycles. The first-order valence-corrected chi connectivity index (χ1v) is 4.40. The average Bonchev–Trinajstić information content (AvgIpc) is 2.11. The van der Waals surface area contributed by atoms with Gasteiger partial charge in [0.25, 0.3) is 0 Å². The molecule has 1 N–H and O–H groups in total. The molecule has 4 nitrogen and oxygen atoms in total. The molecule has 0 spiro atoms. The molecule has 0 rings (SSSR count). The van der Waals surface area contributed by atoms with Crippen molar-refractivity contribution in [2.24, 2.45) is 11.8 Å². The molecule has 0 aromatic rings. The van der Waals surface area contributed by atoms with E-state index in [1.165, 1.54) is 6.92 Å². The Morgan fingerprint density at radius 1 is 1.31 bits per heavy atom. The number of hydrogen-bond acceptors (Lipinski definition) is 3. The van der Waals surface area contributed by atoms with Crippen LogP contribution in [0.3, 0.4) is 0 Å². The molecule has 0 amide bonds. The van der Waals surface area contributed by atoms with Crippen LogP contribution in [0.15, 0.2) is 0 Å². The fraction of sp³-hybridized carbons (Fsp3) is 0.778. The monoisotopic (exact) mass is 188 g/mol. The highest BCUT2D eigenvalue weighted by Gasteiger charge is 2.26. The Labute approximate surface area is 77.9 Å². The largest absolute Gasteiger partial charge is 0.481 e. The Hall–Kier alpha value is -1.06. The molecule has 2 atom stereocenters. The summed E-state index contributed by atoms with van der Waals surface area (Å²) in [4.78, 5) is 21.7. The van der Waals surface area contributed by atoms with Crippen molar-refractivity contribution in [2.75, 3.05) is 6.61 Å². The van der Waals surface area contributed by atoms with Gasteiger partial charge in [-0.15, -0.1) is 0 Å². The highest BCUT2D eigenvalue weighted by atomic mass is 16.5. The van der Waals surface area contributed by atoms with E-state index in [0.717, 1.165) is 6.42 Å². The summed E-state index contributed by atoms with van der Waals surface area (Å²) in [5.74, 6) is -2.67. The van der Waals surface area contributed by atoms with Crippen LogP contribution in [0.5, 0.6) is 0 Å². The maximum atomic E-state index is 11.2. The first-order valence-electron chi connectivity index (χ1n) is 4.40. The van der Waals surface area contributed by atoms with Gasteiger partial charge in [0.05, 0.1) is 18.4 Å². The quantitative estimate of drug-likeness (QED) is 0.660. The molecule has 0 fully saturated rings. The second-order valence-electron chi connectivity index (χ2n) is 3.08. The van der Waals surface area contributed by atoms with Crippen molar-refractivity contribution in [3.8, 4) is 0 Å². The summed E-state index contributed by atoms with van der Waals surface area (Å²) in [6.45, 7) is 5.31. The highest BCUT2D eigenvalue weighted by molar-refractivity contribution is 5.80. The lowest BCUT2D eigenvalue weighted by molar-refractivity contribution is -0.156. The van der Waals surface area contributed by atoms with Crippen LogP contribution in [0, 0.1) is 11.8 Å². The average molecular weight is 188 g/mol. The van der Waals surface area contributed by atoms with Gasteiger partial charge in [-0.25, -0.2) is 0 Å². The molecule has 4 heteroatoms. The third kappa shape index (κ3) is 3.92. The predicted molar refractivity (Wildman–Crippen MR) is 47.2 cm³/mol. The molecule has 0 aliphatic rings. The normalized spacial score (nSPS) is 14.7. The van der Waals surface area contributed by atoms with Crippen molar-refractivity contribution in [1.82, 2.24) is 0 Å². The van der Waals surface area contributed by atoms with Crippen LogP contribution in [-0.4, -0.2) is 23.7 Å². The van der Waals surface area contributed by atoms with Crippen LogP contribution < -0.4 is 0 Å². The van der Waals surface area contributed by atoms with Gasteiger partial charge in [-0.1, -0.05) is 20.8 Å². The van der Waals surface area contributed by atoms with E-state index >= 15 is 0 Å². The number of carboxylic acid groups (broad SMARTS) is 1. The Kier molecular flexibility index (Phi) is 5.11. The highest BCUT2D eigenvalue weighted by Crippen LogP contribution is 2.12. The van der Waals surface area contributed by atoms with Gasteiger partial charge in [0.1, 0.15) is 0 Å².